The zero-order valence-corrected chi connectivity index (χ0v) is 12.5. The minimum absolute atomic E-state index is 0.0807. The van der Waals surface area contributed by atoms with E-state index < -0.39 is 17.8 Å². The van der Waals surface area contributed by atoms with E-state index in [4.69, 9.17) is 5.73 Å². The van der Waals surface area contributed by atoms with Gasteiger partial charge in [-0.1, -0.05) is 26.0 Å². The van der Waals surface area contributed by atoms with Gasteiger partial charge in [0, 0.05) is 12.6 Å². The van der Waals surface area contributed by atoms with Crippen LogP contribution in [0.3, 0.4) is 0 Å². The van der Waals surface area contributed by atoms with Gasteiger partial charge in [-0.05, 0) is 25.0 Å². The summed E-state index contributed by atoms with van der Waals surface area (Å²) in [6, 6.07) is 4.72. The summed E-state index contributed by atoms with van der Waals surface area (Å²) >= 11 is 0. The standard InChI is InChI=1S/C15H22FN3O2/c1-9(2)13(15(21)18-10(3)8-17)19-14(20)11-6-4-5-7-12(11)16/h4-7,9-10,13H,8,17H2,1-3H3,(H,18,21)(H,19,20)/t10-,13?/m0/s1. The molecule has 0 spiro atoms. The maximum absolute atomic E-state index is 13.6. The van der Waals surface area contributed by atoms with Gasteiger partial charge in [0.1, 0.15) is 11.9 Å². The largest absolute Gasteiger partial charge is 0.351 e. The predicted molar refractivity (Wildman–Crippen MR) is 79.2 cm³/mol. The van der Waals surface area contributed by atoms with Crippen LogP contribution in [0.1, 0.15) is 31.1 Å². The number of nitrogens with one attached hydrogen (secondary N) is 2. The highest BCUT2D eigenvalue weighted by Crippen LogP contribution is 2.09. The highest BCUT2D eigenvalue weighted by atomic mass is 19.1. The molecule has 0 heterocycles. The first-order chi connectivity index (χ1) is 9.86. The van der Waals surface area contributed by atoms with Crippen molar-refractivity contribution in [3.8, 4) is 0 Å². The summed E-state index contributed by atoms with van der Waals surface area (Å²) in [4.78, 5) is 24.2. The van der Waals surface area contributed by atoms with Crippen molar-refractivity contribution in [3.63, 3.8) is 0 Å². The van der Waals surface area contributed by atoms with Gasteiger partial charge in [-0.3, -0.25) is 9.59 Å². The molecule has 1 aromatic carbocycles. The Bertz CT molecular complexity index is 505. The van der Waals surface area contributed by atoms with Gasteiger partial charge in [0.05, 0.1) is 5.56 Å². The molecule has 5 nitrogen and oxygen atoms in total. The second-order valence-electron chi connectivity index (χ2n) is 5.32. The lowest BCUT2D eigenvalue weighted by Crippen LogP contribution is -2.52. The number of halogens is 1. The molecular formula is C15H22FN3O2. The van der Waals surface area contributed by atoms with Gasteiger partial charge in [0.2, 0.25) is 5.91 Å². The molecule has 1 unspecified atom stereocenters. The van der Waals surface area contributed by atoms with Crippen LogP contribution in [0.15, 0.2) is 24.3 Å². The lowest BCUT2D eigenvalue weighted by Gasteiger charge is -2.23. The zero-order chi connectivity index (χ0) is 16.0. The van der Waals surface area contributed by atoms with E-state index in [1.165, 1.54) is 18.2 Å². The minimum atomic E-state index is -0.744. The van der Waals surface area contributed by atoms with Crippen molar-refractivity contribution in [3.05, 3.63) is 35.6 Å². The number of amides is 2. The average molecular weight is 295 g/mol. The van der Waals surface area contributed by atoms with E-state index in [1.807, 2.05) is 0 Å². The third kappa shape index (κ3) is 4.82. The molecule has 1 aromatic rings. The van der Waals surface area contributed by atoms with Gasteiger partial charge >= 0.3 is 0 Å². The van der Waals surface area contributed by atoms with Crippen LogP contribution in [0.4, 0.5) is 4.39 Å². The van der Waals surface area contributed by atoms with E-state index in [0.29, 0.717) is 6.54 Å². The molecule has 1 rings (SSSR count). The Hall–Kier alpha value is -1.95. The molecular weight excluding hydrogens is 273 g/mol. The fourth-order valence-corrected chi connectivity index (χ4v) is 1.79. The van der Waals surface area contributed by atoms with Crippen molar-refractivity contribution >= 4 is 11.8 Å². The number of benzene rings is 1. The van der Waals surface area contributed by atoms with Crippen molar-refractivity contribution in [2.75, 3.05) is 6.54 Å². The maximum Gasteiger partial charge on any atom is 0.254 e. The van der Waals surface area contributed by atoms with E-state index in [0.717, 1.165) is 0 Å². The van der Waals surface area contributed by atoms with Gasteiger partial charge in [-0.25, -0.2) is 4.39 Å². The molecule has 0 aliphatic carbocycles. The summed E-state index contributed by atoms with van der Waals surface area (Å²) in [7, 11) is 0. The summed E-state index contributed by atoms with van der Waals surface area (Å²) in [5.41, 5.74) is 5.38. The molecule has 116 valence electrons. The quantitative estimate of drug-likeness (QED) is 0.733. The van der Waals surface area contributed by atoms with Crippen molar-refractivity contribution in [2.45, 2.75) is 32.9 Å². The van der Waals surface area contributed by atoms with Crippen molar-refractivity contribution in [1.82, 2.24) is 10.6 Å². The fraction of sp³-hybridized carbons (Fsp3) is 0.467. The molecule has 4 N–H and O–H groups in total. The van der Waals surface area contributed by atoms with Gasteiger partial charge in [0.25, 0.3) is 5.91 Å². The van der Waals surface area contributed by atoms with E-state index >= 15 is 0 Å². The predicted octanol–water partition coefficient (Wildman–Crippen LogP) is 1.04. The molecule has 6 heteroatoms. The summed E-state index contributed by atoms with van der Waals surface area (Å²) in [6.07, 6.45) is 0. The second kappa shape index (κ2) is 7.73. The smallest absolute Gasteiger partial charge is 0.254 e. The van der Waals surface area contributed by atoms with Crippen LogP contribution in [0.2, 0.25) is 0 Å². The number of hydrogen-bond donors (Lipinski definition) is 3. The Morgan fingerprint density at radius 1 is 1.19 bits per heavy atom. The molecule has 0 fully saturated rings. The average Bonchev–Trinajstić information content (AvgIpc) is 2.44. The summed E-state index contributed by atoms with van der Waals surface area (Å²) in [5, 5.41) is 5.28. The number of nitrogens with two attached hydrogens (primary N) is 1. The third-order valence-electron chi connectivity index (χ3n) is 3.10. The van der Waals surface area contributed by atoms with Crippen LogP contribution < -0.4 is 16.4 Å². The molecule has 21 heavy (non-hydrogen) atoms. The first-order valence-corrected chi connectivity index (χ1v) is 6.92. The van der Waals surface area contributed by atoms with Crippen LogP contribution in [0.5, 0.6) is 0 Å². The van der Waals surface area contributed by atoms with Crippen LogP contribution >= 0.6 is 0 Å². The van der Waals surface area contributed by atoms with Crippen LogP contribution in [-0.4, -0.2) is 30.4 Å². The number of rotatable bonds is 6. The number of hydrogen-bond acceptors (Lipinski definition) is 3. The molecule has 0 radical (unpaired) electrons. The Morgan fingerprint density at radius 3 is 2.33 bits per heavy atom. The van der Waals surface area contributed by atoms with E-state index in [2.05, 4.69) is 10.6 Å². The summed E-state index contributed by atoms with van der Waals surface area (Å²) < 4.78 is 13.6. The lowest BCUT2D eigenvalue weighted by atomic mass is 10.0. The maximum atomic E-state index is 13.6. The molecule has 0 aliphatic rings. The van der Waals surface area contributed by atoms with E-state index in [1.54, 1.807) is 26.8 Å². The summed E-state index contributed by atoms with van der Waals surface area (Å²) in [5.74, 6) is -1.69. The van der Waals surface area contributed by atoms with Crippen LogP contribution in [0, 0.1) is 11.7 Å². The van der Waals surface area contributed by atoms with Gasteiger partial charge < -0.3 is 16.4 Å². The fourth-order valence-electron chi connectivity index (χ4n) is 1.79. The molecule has 0 aliphatic heterocycles. The SMILES string of the molecule is CC(C)C(NC(=O)c1ccccc1F)C(=O)N[C@@H](C)CN. The van der Waals surface area contributed by atoms with Crippen molar-refractivity contribution < 1.29 is 14.0 Å². The van der Waals surface area contributed by atoms with Crippen molar-refractivity contribution in [1.29, 1.82) is 0 Å². The van der Waals surface area contributed by atoms with Gasteiger partial charge in [-0.15, -0.1) is 0 Å². The van der Waals surface area contributed by atoms with Crippen LogP contribution in [-0.2, 0) is 4.79 Å². The lowest BCUT2D eigenvalue weighted by molar-refractivity contribution is -0.124. The normalized spacial score (nSPS) is 13.6. The zero-order valence-electron chi connectivity index (χ0n) is 12.5. The molecule has 0 saturated carbocycles. The first-order valence-electron chi connectivity index (χ1n) is 6.92. The Labute approximate surface area is 124 Å². The molecule has 2 atom stereocenters. The summed E-state index contributed by atoms with van der Waals surface area (Å²) in [6.45, 7) is 5.68. The minimum Gasteiger partial charge on any atom is -0.351 e. The van der Waals surface area contributed by atoms with Crippen LogP contribution in [0.25, 0.3) is 0 Å². The van der Waals surface area contributed by atoms with Gasteiger partial charge in [0.15, 0.2) is 0 Å². The van der Waals surface area contributed by atoms with Crippen molar-refractivity contribution in [2.24, 2.45) is 11.7 Å². The number of carbonyl (C=O) groups is 2. The van der Waals surface area contributed by atoms with E-state index in [-0.39, 0.29) is 23.4 Å². The third-order valence-corrected chi connectivity index (χ3v) is 3.10. The number of carbonyl (C=O) groups excluding carboxylic acids is 2. The molecule has 0 aromatic heterocycles. The topological polar surface area (TPSA) is 84.2 Å². The van der Waals surface area contributed by atoms with E-state index in [9.17, 15) is 14.0 Å². The Morgan fingerprint density at radius 2 is 1.81 bits per heavy atom. The molecule has 2 amide bonds. The highest BCUT2D eigenvalue weighted by Gasteiger charge is 2.26. The second-order valence-corrected chi connectivity index (χ2v) is 5.32. The molecule has 0 saturated heterocycles. The van der Waals surface area contributed by atoms with Gasteiger partial charge in [-0.2, -0.15) is 0 Å². The molecule has 0 bridgehead atoms. The monoisotopic (exact) mass is 295 g/mol. The highest BCUT2D eigenvalue weighted by molar-refractivity contribution is 5.97. The first kappa shape index (κ1) is 17.1. The Kier molecular flexibility index (Phi) is 6.30. The Balaban J connectivity index is 2.82.